The number of nitrogens with zero attached hydrogens (tertiary/aromatic N) is 1. The Bertz CT molecular complexity index is 515. The molecule has 0 aliphatic carbocycles. The van der Waals surface area contributed by atoms with Crippen molar-refractivity contribution in [3.63, 3.8) is 0 Å². The van der Waals surface area contributed by atoms with Crippen molar-refractivity contribution in [1.29, 1.82) is 5.26 Å². The van der Waals surface area contributed by atoms with Crippen LogP contribution in [0.4, 0.5) is 4.39 Å². The lowest BCUT2D eigenvalue weighted by Gasteiger charge is -2.01. The van der Waals surface area contributed by atoms with Crippen molar-refractivity contribution in [3.8, 4) is 6.07 Å². The molecule has 0 heterocycles. The molecule has 0 spiro atoms. The fourth-order valence-corrected chi connectivity index (χ4v) is 1.13. The summed E-state index contributed by atoms with van der Waals surface area (Å²) in [5.41, 5.74) is -0.197. The molecule has 0 bridgehead atoms. The summed E-state index contributed by atoms with van der Waals surface area (Å²) in [5, 5.41) is 16.9. The van der Waals surface area contributed by atoms with Gasteiger partial charge in [-0.15, -0.1) is 0 Å². The van der Waals surface area contributed by atoms with E-state index in [0.29, 0.717) is 6.29 Å². The highest BCUT2D eigenvalue weighted by Gasteiger charge is 2.08. The van der Waals surface area contributed by atoms with E-state index in [9.17, 15) is 14.0 Å². The topological polar surface area (TPSA) is 78.2 Å². The predicted octanol–water partition coefficient (Wildman–Crippen LogP) is 1.61. The molecule has 0 aromatic heterocycles. The number of carbonyl (C=O) groups excluding carboxylic acids is 1. The first kappa shape index (κ1) is 11.6. The third-order valence-corrected chi connectivity index (χ3v) is 1.81. The Hall–Kier alpha value is -2.48. The van der Waals surface area contributed by atoms with Crippen LogP contribution in [0.5, 0.6) is 0 Å². The van der Waals surface area contributed by atoms with Gasteiger partial charge < -0.3 is 5.11 Å². The van der Waals surface area contributed by atoms with E-state index in [2.05, 4.69) is 0 Å². The normalized spacial score (nSPS) is 10.0. The lowest BCUT2D eigenvalue weighted by molar-refractivity contribution is -0.131. The number of carboxylic acid groups (broad SMARTS) is 1. The fraction of sp³-hybridized carbons (Fsp3) is 0. The Labute approximate surface area is 90.2 Å². The van der Waals surface area contributed by atoms with Crippen molar-refractivity contribution in [1.82, 2.24) is 0 Å². The second kappa shape index (κ2) is 4.84. The van der Waals surface area contributed by atoms with E-state index in [0.717, 1.165) is 18.2 Å². The second-order valence-electron chi connectivity index (χ2n) is 2.86. The van der Waals surface area contributed by atoms with Crippen LogP contribution in [0.2, 0.25) is 0 Å². The molecule has 16 heavy (non-hydrogen) atoms. The van der Waals surface area contributed by atoms with Crippen LogP contribution in [-0.4, -0.2) is 17.4 Å². The minimum atomic E-state index is -1.25. The van der Waals surface area contributed by atoms with Gasteiger partial charge in [-0.1, -0.05) is 0 Å². The maximum absolute atomic E-state index is 13.4. The van der Waals surface area contributed by atoms with Crippen molar-refractivity contribution < 1.29 is 19.1 Å². The Balaban J connectivity index is 3.33. The van der Waals surface area contributed by atoms with Crippen LogP contribution in [-0.2, 0) is 4.79 Å². The number of carbonyl (C=O) groups is 2. The van der Waals surface area contributed by atoms with Gasteiger partial charge in [0, 0.05) is 17.2 Å². The molecule has 0 unspecified atom stereocenters. The van der Waals surface area contributed by atoms with Crippen molar-refractivity contribution >= 4 is 18.3 Å². The van der Waals surface area contributed by atoms with Gasteiger partial charge in [-0.3, -0.25) is 4.79 Å². The monoisotopic (exact) mass is 219 g/mol. The van der Waals surface area contributed by atoms with Crippen LogP contribution in [0.3, 0.4) is 0 Å². The first-order valence-corrected chi connectivity index (χ1v) is 4.18. The summed E-state index contributed by atoms with van der Waals surface area (Å²) >= 11 is 0. The van der Waals surface area contributed by atoms with Crippen molar-refractivity contribution in [2.45, 2.75) is 0 Å². The molecular formula is C11H6FNO3. The van der Waals surface area contributed by atoms with Gasteiger partial charge in [0.05, 0.1) is 11.6 Å². The van der Waals surface area contributed by atoms with Crippen LogP contribution >= 0.6 is 0 Å². The van der Waals surface area contributed by atoms with Crippen LogP contribution in [0, 0.1) is 17.1 Å². The van der Waals surface area contributed by atoms with Gasteiger partial charge in [0.15, 0.2) is 6.29 Å². The Morgan fingerprint density at radius 3 is 2.69 bits per heavy atom. The number of hydrogen-bond donors (Lipinski definition) is 1. The zero-order chi connectivity index (χ0) is 12.1. The summed E-state index contributed by atoms with van der Waals surface area (Å²) in [6.07, 6.45) is 2.06. The fourth-order valence-electron chi connectivity index (χ4n) is 1.13. The summed E-state index contributed by atoms with van der Waals surface area (Å²) < 4.78 is 13.4. The number of halogens is 1. The molecule has 1 rings (SSSR count). The zero-order valence-electron chi connectivity index (χ0n) is 7.98. The Morgan fingerprint density at radius 1 is 1.50 bits per heavy atom. The lowest BCUT2D eigenvalue weighted by atomic mass is 10.0. The summed E-state index contributed by atoms with van der Waals surface area (Å²) in [6, 6.07) is 3.83. The average Bonchev–Trinajstić information content (AvgIpc) is 2.26. The number of benzene rings is 1. The standard InChI is InChI=1S/C11H6FNO3/c12-10-4-7(5-13)3-8(6-14)9(10)1-2-11(15)16/h1-4,6H,(H,15,16)/b2-1+. The van der Waals surface area contributed by atoms with Gasteiger partial charge in [-0.05, 0) is 18.2 Å². The maximum Gasteiger partial charge on any atom is 0.328 e. The Kier molecular flexibility index (Phi) is 3.51. The molecule has 1 N–H and O–H groups in total. The summed E-state index contributed by atoms with van der Waals surface area (Å²) in [6.45, 7) is 0. The van der Waals surface area contributed by atoms with E-state index >= 15 is 0 Å². The number of rotatable bonds is 3. The average molecular weight is 219 g/mol. The van der Waals surface area contributed by atoms with Gasteiger partial charge >= 0.3 is 5.97 Å². The van der Waals surface area contributed by atoms with E-state index in [1.165, 1.54) is 6.07 Å². The minimum Gasteiger partial charge on any atom is -0.478 e. The first-order chi connectivity index (χ1) is 7.58. The molecule has 0 amide bonds. The van der Waals surface area contributed by atoms with E-state index in [1.54, 1.807) is 6.07 Å². The van der Waals surface area contributed by atoms with E-state index in [1.807, 2.05) is 0 Å². The van der Waals surface area contributed by atoms with E-state index < -0.39 is 11.8 Å². The molecular weight excluding hydrogens is 213 g/mol. The number of nitriles is 1. The van der Waals surface area contributed by atoms with Crippen LogP contribution in [0.15, 0.2) is 18.2 Å². The van der Waals surface area contributed by atoms with Gasteiger partial charge in [0.2, 0.25) is 0 Å². The molecule has 5 heteroatoms. The van der Waals surface area contributed by atoms with Crippen LogP contribution in [0.25, 0.3) is 6.08 Å². The summed E-state index contributed by atoms with van der Waals surface area (Å²) in [4.78, 5) is 20.9. The quantitative estimate of drug-likeness (QED) is 0.618. The van der Waals surface area contributed by atoms with Gasteiger partial charge in [0.25, 0.3) is 0 Å². The van der Waals surface area contributed by atoms with Crippen molar-refractivity contribution in [2.75, 3.05) is 0 Å². The third-order valence-electron chi connectivity index (χ3n) is 1.81. The number of hydrogen-bond acceptors (Lipinski definition) is 3. The molecule has 0 atom stereocenters. The largest absolute Gasteiger partial charge is 0.478 e. The molecule has 0 aliphatic rings. The minimum absolute atomic E-state index is 0.00655. The maximum atomic E-state index is 13.4. The van der Waals surface area contributed by atoms with Crippen LogP contribution in [0.1, 0.15) is 21.5 Å². The predicted molar refractivity (Wildman–Crippen MR) is 53.2 cm³/mol. The highest BCUT2D eigenvalue weighted by atomic mass is 19.1. The summed E-state index contributed by atoms with van der Waals surface area (Å²) in [5.74, 6) is -2.06. The highest BCUT2D eigenvalue weighted by molar-refractivity contribution is 5.89. The summed E-state index contributed by atoms with van der Waals surface area (Å²) in [7, 11) is 0. The van der Waals surface area contributed by atoms with Crippen molar-refractivity contribution in [2.24, 2.45) is 0 Å². The smallest absolute Gasteiger partial charge is 0.328 e. The highest BCUT2D eigenvalue weighted by Crippen LogP contribution is 2.16. The number of aliphatic carboxylic acids is 1. The molecule has 0 fully saturated rings. The van der Waals surface area contributed by atoms with Gasteiger partial charge in [0.1, 0.15) is 5.82 Å². The molecule has 1 aromatic rings. The molecule has 0 saturated carbocycles. The molecule has 0 aliphatic heterocycles. The second-order valence-corrected chi connectivity index (χ2v) is 2.86. The lowest BCUT2D eigenvalue weighted by Crippen LogP contribution is -1.95. The van der Waals surface area contributed by atoms with Crippen LogP contribution < -0.4 is 0 Å². The Morgan fingerprint density at radius 2 is 2.19 bits per heavy atom. The van der Waals surface area contributed by atoms with Crippen molar-refractivity contribution in [3.05, 3.63) is 40.7 Å². The molecule has 4 nitrogen and oxygen atoms in total. The third kappa shape index (κ3) is 2.51. The molecule has 0 radical (unpaired) electrons. The van der Waals surface area contributed by atoms with Gasteiger partial charge in [-0.2, -0.15) is 5.26 Å². The van der Waals surface area contributed by atoms with E-state index in [-0.39, 0.29) is 16.7 Å². The zero-order valence-corrected chi connectivity index (χ0v) is 7.98. The molecule has 1 aromatic carbocycles. The molecule has 0 saturated heterocycles. The van der Waals surface area contributed by atoms with Gasteiger partial charge in [-0.25, -0.2) is 9.18 Å². The first-order valence-electron chi connectivity index (χ1n) is 4.18. The number of aldehydes is 1. The van der Waals surface area contributed by atoms with E-state index in [4.69, 9.17) is 10.4 Å². The SMILES string of the molecule is N#Cc1cc(F)c(/C=C/C(=O)O)c(C=O)c1. The molecule has 80 valence electrons. The number of carboxylic acids is 1.